The third kappa shape index (κ3) is 6.51. The van der Waals surface area contributed by atoms with Crippen molar-refractivity contribution in [2.24, 2.45) is 5.92 Å². The topological polar surface area (TPSA) is 72.5 Å². The summed E-state index contributed by atoms with van der Waals surface area (Å²) in [5, 5.41) is 2.78. The van der Waals surface area contributed by atoms with Gasteiger partial charge in [0.1, 0.15) is 0 Å². The Bertz CT molecular complexity index is 751. The van der Waals surface area contributed by atoms with Crippen LogP contribution < -0.4 is 5.32 Å². The van der Waals surface area contributed by atoms with Crippen LogP contribution in [-0.4, -0.2) is 24.3 Å². The monoisotopic (exact) mass is 353 g/mol. The summed E-state index contributed by atoms with van der Waals surface area (Å²) in [6.07, 6.45) is 0.576. The normalized spacial score (nSPS) is 10.4. The molecule has 0 radical (unpaired) electrons. The molecule has 5 heteroatoms. The van der Waals surface area contributed by atoms with Gasteiger partial charge in [0.05, 0.1) is 6.42 Å². The Kier molecular flexibility index (Phi) is 7.09. The lowest BCUT2D eigenvalue weighted by atomic mass is 10.1. The average Bonchev–Trinajstić information content (AvgIpc) is 2.60. The Labute approximate surface area is 153 Å². The minimum atomic E-state index is -0.442. The van der Waals surface area contributed by atoms with E-state index >= 15 is 0 Å². The molecule has 2 rings (SSSR count). The maximum Gasteiger partial charge on any atom is 0.310 e. The molecule has 0 heterocycles. The highest BCUT2D eigenvalue weighted by molar-refractivity contribution is 5.99. The molecule has 1 N–H and O–H groups in total. The van der Waals surface area contributed by atoms with E-state index in [-0.39, 0.29) is 30.6 Å². The van der Waals surface area contributed by atoms with Crippen LogP contribution in [0.15, 0.2) is 54.6 Å². The molecule has 2 aromatic carbocycles. The minimum Gasteiger partial charge on any atom is -0.457 e. The van der Waals surface area contributed by atoms with E-state index in [1.165, 1.54) is 0 Å². The number of amides is 1. The van der Waals surface area contributed by atoms with Gasteiger partial charge in [-0.05, 0) is 35.7 Å². The van der Waals surface area contributed by atoms with Crippen LogP contribution in [0.1, 0.15) is 36.2 Å². The maximum atomic E-state index is 12.1. The zero-order valence-electron chi connectivity index (χ0n) is 15.0. The van der Waals surface area contributed by atoms with Crippen molar-refractivity contribution in [3.05, 3.63) is 65.7 Å². The smallest absolute Gasteiger partial charge is 0.310 e. The molecule has 5 nitrogen and oxygen atoms in total. The maximum absolute atomic E-state index is 12.1. The van der Waals surface area contributed by atoms with Gasteiger partial charge in [-0.25, -0.2) is 0 Å². The first-order valence-corrected chi connectivity index (χ1v) is 8.56. The molecule has 2 aromatic rings. The van der Waals surface area contributed by atoms with Gasteiger partial charge >= 0.3 is 5.97 Å². The number of ether oxygens (including phenoxy) is 1. The second-order valence-corrected chi connectivity index (χ2v) is 6.47. The molecule has 0 aliphatic carbocycles. The Morgan fingerprint density at radius 2 is 1.62 bits per heavy atom. The van der Waals surface area contributed by atoms with Crippen molar-refractivity contribution in [1.29, 1.82) is 0 Å². The van der Waals surface area contributed by atoms with Gasteiger partial charge in [-0.3, -0.25) is 14.4 Å². The van der Waals surface area contributed by atoms with Crippen LogP contribution in [-0.2, 0) is 20.7 Å². The summed E-state index contributed by atoms with van der Waals surface area (Å²) in [7, 11) is 0. The number of hydrogen-bond acceptors (Lipinski definition) is 4. The number of anilines is 1. The van der Waals surface area contributed by atoms with Crippen LogP contribution in [0.2, 0.25) is 0 Å². The third-order valence-electron chi connectivity index (χ3n) is 3.64. The lowest BCUT2D eigenvalue weighted by Gasteiger charge is -2.08. The fraction of sp³-hybridized carbons (Fsp3) is 0.286. The molecule has 0 spiro atoms. The number of Topliss-reactive ketones (excluding diaryl/α,β-unsaturated/α-hetero) is 1. The molecule has 0 saturated carbocycles. The summed E-state index contributed by atoms with van der Waals surface area (Å²) >= 11 is 0. The molecular weight excluding hydrogens is 330 g/mol. The van der Waals surface area contributed by atoms with E-state index in [1.54, 1.807) is 24.3 Å². The van der Waals surface area contributed by atoms with Crippen molar-refractivity contribution in [1.82, 2.24) is 0 Å². The number of hydrogen-bond donors (Lipinski definition) is 1. The Balaban J connectivity index is 1.82. The number of nitrogens with one attached hydrogen (secondary N) is 1. The first-order chi connectivity index (χ1) is 12.4. The minimum absolute atomic E-state index is 0.0612. The van der Waals surface area contributed by atoms with E-state index < -0.39 is 5.97 Å². The van der Waals surface area contributed by atoms with Gasteiger partial charge in [-0.1, -0.05) is 44.2 Å². The molecule has 0 aromatic heterocycles. The van der Waals surface area contributed by atoms with E-state index in [0.29, 0.717) is 17.7 Å². The van der Waals surface area contributed by atoms with Crippen LogP contribution in [0.25, 0.3) is 0 Å². The number of carbonyl (C=O) groups is 3. The van der Waals surface area contributed by atoms with Gasteiger partial charge in [0.2, 0.25) is 5.91 Å². The van der Waals surface area contributed by atoms with Crippen LogP contribution in [0.4, 0.5) is 5.69 Å². The van der Waals surface area contributed by atoms with E-state index in [0.717, 1.165) is 5.56 Å². The van der Waals surface area contributed by atoms with Crippen molar-refractivity contribution in [2.75, 3.05) is 11.9 Å². The highest BCUT2D eigenvalue weighted by Crippen LogP contribution is 2.12. The second-order valence-electron chi connectivity index (χ2n) is 6.47. The quantitative estimate of drug-likeness (QED) is 0.581. The van der Waals surface area contributed by atoms with Crippen LogP contribution >= 0.6 is 0 Å². The zero-order valence-corrected chi connectivity index (χ0v) is 15.0. The predicted octanol–water partition coefficient (Wildman–Crippen LogP) is 3.64. The lowest BCUT2D eigenvalue weighted by Crippen LogP contribution is -2.16. The fourth-order valence-corrected chi connectivity index (χ4v) is 2.37. The molecule has 0 saturated heterocycles. The van der Waals surface area contributed by atoms with E-state index in [1.807, 2.05) is 44.2 Å². The number of ketones is 1. The van der Waals surface area contributed by atoms with Crippen molar-refractivity contribution in [2.45, 2.75) is 26.7 Å². The molecule has 0 aliphatic heterocycles. The summed E-state index contributed by atoms with van der Waals surface area (Å²) in [5.74, 6) is -0.510. The highest BCUT2D eigenvalue weighted by Gasteiger charge is 2.11. The summed E-state index contributed by atoms with van der Waals surface area (Å²) in [5.41, 5.74) is 1.90. The predicted molar refractivity (Wildman–Crippen MR) is 100.0 cm³/mol. The Morgan fingerprint density at radius 1 is 0.962 bits per heavy atom. The number of carbonyl (C=O) groups excluding carboxylic acids is 3. The van der Waals surface area contributed by atoms with Gasteiger partial charge in [0, 0.05) is 17.7 Å². The standard InChI is InChI=1S/C21H23NO4/c1-15(2)12-20(24)22-18-10-8-17(9-11-18)19(23)14-26-21(25)13-16-6-4-3-5-7-16/h3-11,15H,12-14H2,1-2H3,(H,22,24). The summed E-state index contributed by atoms with van der Waals surface area (Å²) in [4.78, 5) is 35.6. The van der Waals surface area contributed by atoms with E-state index in [9.17, 15) is 14.4 Å². The first kappa shape index (κ1) is 19.4. The molecule has 0 atom stereocenters. The van der Waals surface area contributed by atoms with Gasteiger partial charge < -0.3 is 10.1 Å². The van der Waals surface area contributed by atoms with Crippen LogP contribution in [0, 0.1) is 5.92 Å². The number of rotatable bonds is 8. The zero-order chi connectivity index (χ0) is 18.9. The van der Waals surface area contributed by atoms with Crippen LogP contribution in [0.3, 0.4) is 0 Å². The molecule has 0 fully saturated rings. The largest absolute Gasteiger partial charge is 0.457 e. The third-order valence-corrected chi connectivity index (χ3v) is 3.64. The second kappa shape index (κ2) is 9.51. The molecule has 136 valence electrons. The summed E-state index contributed by atoms with van der Waals surface area (Å²) in [6.45, 7) is 3.64. The van der Waals surface area contributed by atoms with Crippen molar-refractivity contribution >= 4 is 23.3 Å². The fourth-order valence-electron chi connectivity index (χ4n) is 2.37. The SMILES string of the molecule is CC(C)CC(=O)Nc1ccc(C(=O)COC(=O)Cc2ccccc2)cc1. The lowest BCUT2D eigenvalue weighted by molar-refractivity contribution is -0.141. The van der Waals surface area contributed by atoms with E-state index in [2.05, 4.69) is 5.32 Å². The van der Waals surface area contributed by atoms with E-state index in [4.69, 9.17) is 4.74 Å². The molecule has 0 unspecified atom stereocenters. The number of benzene rings is 2. The van der Waals surface area contributed by atoms with Crippen molar-refractivity contribution in [3.63, 3.8) is 0 Å². The van der Waals surface area contributed by atoms with Gasteiger partial charge in [-0.2, -0.15) is 0 Å². The average molecular weight is 353 g/mol. The van der Waals surface area contributed by atoms with Crippen LogP contribution in [0.5, 0.6) is 0 Å². The number of esters is 1. The van der Waals surface area contributed by atoms with Gasteiger partial charge in [-0.15, -0.1) is 0 Å². The summed E-state index contributed by atoms with van der Waals surface area (Å²) in [6, 6.07) is 15.8. The molecule has 1 amide bonds. The molecular formula is C21H23NO4. The van der Waals surface area contributed by atoms with Crippen molar-refractivity contribution < 1.29 is 19.1 Å². The van der Waals surface area contributed by atoms with Gasteiger partial charge in [0.25, 0.3) is 0 Å². The first-order valence-electron chi connectivity index (χ1n) is 8.56. The Hall–Kier alpha value is -2.95. The molecule has 26 heavy (non-hydrogen) atoms. The Morgan fingerprint density at radius 3 is 2.23 bits per heavy atom. The molecule has 0 aliphatic rings. The van der Waals surface area contributed by atoms with Gasteiger partial charge in [0.15, 0.2) is 12.4 Å². The molecule has 0 bridgehead atoms. The highest BCUT2D eigenvalue weighted by atomic mass is 16.5. The van der Waals surface area contributed by atoms with Crippen molar-refractivity contribution in [3.8, 4) is 0 Å². The summed E-state index contributed by atoms with van der Waals surface area (Å²) < 4.78 is 5.04.